The SMILES string of the molecule is CCCCCCCCC=CCCC(C)C. The second-order valence-corrected chi connectivity index (χ2v) is 5.00. The summed E-state index contributed by atoms with van der Waals surface area (Å²) in [7, 11) is 0. The van der Waals surface area contributed by atoms with E-state index >= 15 is 0 Å². The van der Waals surface area contributed by atoms with Gasteiger partial charge in [0.2, 0.25) is 0 Å². The number of hydrogen-bond donors (Lipinski definition) is 0. The lowest BCUT2D eigenvalue weighted by Gasteiger charge is -1.99. The first-order valence-corrected chi connectivity index (χ1v) is 6.92. The third-order valence-electron chi connectivity index (χ3n) is 2.80. The normalized spacial score (nSPS) is 11.7. The summed E-state index contributed by atoms with van der Waals surface area (Å²) in [6.07, 6.45) is 17.1. The van der Waals surface area contributed by atoms with Gasteiger partial charge in [-0.15, -0.1) is 0 Å². The molecule has 0 radical (unpaired) electrons. The standard InChI is InChI=1S/C15H30/c1-4-5-6-7-8-9-10-11-12-13-14-15(2)3/h11-12,15H,4-10,13-14H2,1-3H3. The van der Waals surface area contributed by atoms with Gasteiger partial charge in [0.15, 0.2) is 0 Å². The van der Waals surface area contributed by atoms with Gasteiger partial charge >= 0.3 is 0 Å². The summed E-state index contributed by atoms with van der Waals surface area (Å²) >= 11 is 0. The molecule has 0 aromatic carbocycles. The van der Waals surface area contributed by atoms with Gasteiger partial charge in [-0.3, -0.25) is 0 Å². The fourth-order valence-electron chi connectivity index (χ4n) is 1.71. The van der Waals surface area contributed by atoms with Crippen LogP contribution in [0.4, 0.5) is 0 Å². The largest absolute Gasteiger partial charge is 0.0885 e. The maximum absolute atomic E-state index is 2.38. The number of hydrogen-bond acceptors (Lipinski definition) is 0. The van der Waals surface area contributed by atoms with E-state index in [1.165, 1.54) is 57.8 Å². The summed E-state index contributed by atoms with van der Waals surface area (Å²) in [5, 5.41) is 0. The maximum Gasteiger partial charge on any atom is -0.0348 e. The summed E-state index contributed by atoms with van der Waals surface area (Å²) in [4.78, 5) is 0. The Labute approximate surface area is 97.2 Å². The molecule has 0 unspecified atom stereocenters. The fraction of sp³-hybridized carbons (Fsp3) is 0.867. The van der Waals surface area contributed by atoms with E-state index in [-0.39, 0.29) is 0 Å². The van der Waals surface area contributed by atoms with Crippen molar-refractivity contribution >= 4 is 0 Å². The van der Waals surface area contributed by atoms with Gasteiger partial charge in [-0.25, -0.2) is 0 Å². The Balaban J connectivity index is 3.03. The summed E-state index contributed by atoms with van der Waals surface area (Å²) in [5.74, 6) is 0.851. The van der Waals surface area contributed by atoms with Crippen molar-refractivity contribution in [1.29, 1.82) is 0 Å². The molecule has 0 nitrogen and oxygen atoms in total. The quantitative estimate of drug-likeness (QED) is 0.319. The van der Waals surface area contributed by atoms with E-state index in [9.17, 15) is 0 Å². The van der Waals surface area contributed by atoms with E-state index < -0.39 is 0 Å². The molecule has 0 amide bonds. The molecule has 0 heterocycles. The zero-order valence-electron chi connectivity index (χ0n) is 11.1. The van der Waals surface area contributed by atoms with Gasteiger partial charge in [0.05, 0.1) is 0 Å². The Morgan fingerprint density at radius 2 is 1.40 bits per heavy atom. The predicted octanol–water partition coefficient (Wildman–Crippen LogP) is 5.73. The molecule has 0 aliphatic heterocycles. The van der Waals surface area contributed by atoms with Gasteiger partial charge in [-0.2, -0.15) is 0 Å². The van der Waals surface area contributed by atoms with Crippen LogP contribution in [0.1, 0.15) is 78.6 Å². The van der Waals surface area contributed by atoms with Crippen molar-refractivity contribution in [3.63, 3.8) is 0 Å². The minimum absolute atomic E-state index is 0.851. The second-order valence-electron chi connectivity index (χ2n) is 5.00. The van der Waals surface area contributed by atoms with Crippen molar-refractivity contribution < 1.29 is 0 Å². The van der Waals surface area contributed by atoms with Crippen molar-refractivity contribution in [1.82, 2.24) is 0 Å². The van der Waals surface area contributed by atoms with Gasteiger partial charge in [0.1, 0.15) is 0 Å². The summed E-state index contributed by atoms with van der Waals surface area (Å²) in [6, 6.07) is 0. The molecule has 0 N–H and O–H groups in total. The Bertz CT molecular complexity index is 133. The highest BCUT2D eigenvalue weighted by Gasteiger charge is 1.90. The minimum Gasteiger partial charge on any atom is -0.0885 e. The van der Waals surface area contributed by atoms with Crippen LogP contribution in [0.15, 0.2) is 12.2 Å². The van der Waals surface area contributed by atoms with Crippen LogP contribution in [-0.2, 0) is 0 Å². The molecule has 0 aliphatic rings. The summed E-state index contributed by atoms with van der Waals surface area (Å²) in [6.45, 7) is 6.86. The number of unbranched alkanes of at least 4 members (excludes halogenated alkanes) is 6. The smallest absolute Gasteiger partial charge is 0.0348 e. The first-order valence-electron chi connectivity index (χ1n) is 6.92. The van der Waals surface area contributed by atoms with Crippen LogP contribution in [0.2, 0.25) is 0 Å². The number of rotatable bonds is 10. The third kappa shape index (κ3) is 13.7. The third-order valence-corrected chi connectivity index (χ3v) is 2.80. The topological polar surface area (TPSA) is 0 Å². The van der Waals surface area contributed by atoms with E-state index in [0.717, 1.165) is 5.92 Å². The lowest BCUT2D eigenvalue weighted by Crippen LogP contribution is -1.83. The van der Waals surface area contributed by atoms with E-state index in [1.807, 2.05) is 0 Å². The van der Waals surface area contributed by atoms with Crippen molar-refractivity contribution in [2.24, 2.45) is 5.92 Å². The van der Waals surface area contributed by atoms with Crippen LogP contribution in [0.3, 0.4) is 0 Å². The molecule has 0 heteroatoms. The molecular weight excluding hydrogens is 180 g/mol. The Morgan fingerprint density at radius 1 is 0.800 bits per heavy atom. The van der Waals surface area contributed by atoms with E-state index in [0.29, 0.717) is 0 Å². The highest BCUT2D eigenvalue weighted by molar-refractivity contribution is 4.81. The molecule has 0 bridgehead atoms. The monoisotopic (exact) mass is 210 g/mol. The molecular formula is C15H30. The molecule has 0 saturated heterocycles. The van der Waals surface area contributed by atoms with Crippen LogP contribution in [0, 0.1) is 5.92 Å². The molecule has 0 spiro atoms. The summed E-state index contributed by atoms with van der Waals surface area (Å²) < 4.78 is 0. The molecule has 0 fully saturated rings. The van der Waals surface area contributed by atoms with Gasteiger partial charge in [-0.05, 0) is 31.6 Å². The average Bonchev–Trinajstić information content (AvgIpc) is 2.20. The van der Waals surface area contributed by atoms with E-state index in [4.69, 9.17) is 0 Å². The zero-order valence-corrected chi connectivity index (χ0v) is 11.1. The minimum atomic E-state index is 0.851. The molecule has 0 aromatic rings. The first kappa shape index (κ1) is 14.7. The van der Waals surface area contributed by atoms with Crippen molar-refractivity contribution in [2.45, 2.75) is 78.6 Å². The fourth-order valence-corrected chi connectivity index (χ4v) is 1.71. The van der Waals surface area contributed by atoms with Gasteiger partial charge < -0.3 is 0 Å². The number of allylic oxidation sites excluding steroid dienone is 2. The average molecular weight is 210 g/mol. The molecule has 0 aromatic heterocycles. The van der Waals surface area contributed by atoms with Crippen molar-refractivity contribution in [2.75, 3.05) is 0 Å². The molecule has 15 heavy (non-hydrogen) atoms. The van der Waals surface area contributed by atoms with Gasteiger partial charge in [-0.1, -0.05) is 65.0 Å². The van der Waals surface area contributed by atoms with Crippen molar-refractivity contribution in [3.05, 3.63) is 12.2 Å². The molecule has 0 atom stereocenters. The van der Waals surface area contributed by atoms with Crippen molar-refractivity contribution in [3.8, 4) is 0 Å². The van der Waals surface area contributed by atoms with Crippen LogP contribution in [-0.4, -0.2) is 0 Å². The molecule has 0 saturated carbocycles. The Kier molecular flexibility index (Phi) is 11.6. The highest BCUT2D eigenvalue weighted by Crippen LogP contribution is 2.08. The molecule has 0 rings (SSSR count). The van der Waals surface area contributed by atoms with Gasteiger partial charge in [0, 0.05) is 0 Å². The highest BCUT2D eigenvalue weighted by atomic mass is 14.0. The Hall–Kier alpha value is -0.260. The molecule has 0 aliphatic carbocycles. The predicted molar refractivity (Wildman–Crippen MR) is 71.2 cm³/mol. The van der Waals surface area contributed by atoms with Crippen LogP contribution in [0.5, 0.6) is 0 Å². The lowest BCUT2D eigenvalue weighted by atomic mass is 10.1. The second kappa shape index (κ2) is 11.8. The van der Waals surface area contributed by atoms with Crippen LogP contribution in [0.25, 0.3) is 0 Å². The zero-order chi connectivity index (χ0) is 11.4. The Morgan fingerprint density at radius 3 is 2.07 bits per heavy atom. The van der Waals surface area contributed by atoms with Crippen LogP contribution < -0.4 is 0 Å². The maximum atomic E-state index is 2.38. The van der Waals surface area contributed by atoms with E-state index in [2.05, 4.69) is 32.9 Å². The van der Waals surface area contributed by atoms with Crippen LogP contribution >= 0.6 is 0 Å². The molecule has 90 valence electrons. The lowest BCUT2D eigenvalue weighted by molar-refractivity contribution is 0.592. The summed E-state index contributed by atoms with van der Waals surface area (Å²) in [5.41, 5.74) is 0. The first-order chi connectivity index (χ1) is 7.27. The van der Waals surface area contributed by atoms with Gasteiger partial charge in [0.25, 0.3) is 0 Å². The van der Waals surface area contributed by atoms with E-state index in [1.54, 1.807) is 0 Å².